The molecule has 0 aliphatic rings. The van der Waals surface area contributed by atoms with Crippen molar-refractivity contribution in [3.05, 3.63) is 50.7 Å². The Balaban J connectivity index is -0.000000374. The van der Waals surface area contributed by atoms with E-state index in [0.29, 0.717) is 65.6 Å². The van der Waals surface area contributed by atoms with Crippen LogP contribution in [0.5, 0.6) is 0 Å². The monoisotopic (exact) mass is 764 g/mol. The average molecular weight is 765 g/mol. The Bertz CT molecular complexity index is 843. The smallest absolute Gasteiger partial charge is 0.243 e. The van der Waals surface area contributed by atoms with Crippen LogP contribution in [0.4, 0.5) is 0 Å². The van der Waals surface area contributed by atoms with Gasteiger partial charge in [-0.05, 0) is 37.9 Å². The number of ether oxygens (including phenoxy) is 4. The Morgan fingerprint density at radius 3 is 1.77 bits per heavy atom. The van der Waals surface area contributed by atoms with Crippen molar-refractivity contribution in [3.8, 4) is 0 Å². The number of amides is 3. The first-order valence-corrected chi connectivity index (χ1v) is 15.6. The van der Waals surface area contributed by atoms with Gasteiger partial charge >= 0.3 is 0 Å². The van der Waals surface area contributed by atoms with Crippen LogP contribution in [0.3, 0.4) is 0 Å². The first kappa shape index (κ1) is 55.8. The second-order valence-corrected chi connectivity index (χ2v) is 9.75. The van der Waals surface area contributed by atoms with Gasteiger partial charge in [-0.1, -0.05) is 58.0 Å². The number of carbonyl (C=O) groups is 3. The van der Waals surface area contributed by atoms with Gasteiger partial charge in [0.05, 0.1) is 52.9 Å². The Hall–Kier alpha value is -1.59. The van der Waals surface area contributed by atoms with E-state index >= 15 is 0 Å². The summed E-state index contributed by atoms with van der Waals surface area (Å²) in [6.07, 6.45) is 0.996. The topological polar surface area (TPSA) is 206 Å². The number of rotatable bonds is 25. The van der Waals surface area contributed by atoms with E-state index in [2.05, 4.69) is 20.8 Å². The molecule has 3 amide bonds. The third-order valence-corrected chi connectivity index (χ3v) is 5.78. The number of hydrogen-bond acceptors (Lipinski definition) is 11. The zero-order valence-electron chi connectivity index (χ0n) is 30.5. The van der Waals surface area contributed by atoms with E-state index in [1.54, 1.807) is 13.8 Å². The van der Waals surface area contributed by atoms with Crippen LogP contribution in [0.25, 0.3) is 0 Å². The number of nitrogens with two attached hydrogens (primary N) is 2. The maximum atomic E-state index is 12.6. The van der Waals surface area contributed by atoms with Crippen LogP contribution < -0.4 is 27.4 Å². The van der Waals surface area contributed by atoms with Crippen LogP contribution in [0.2, 0.25) is 0 Å². The van der Waals surface area contributed by atoms with Gasteiger partial charge in [0.15, 0.2) is 0 Å². The fraction of sp³-hybridized carbons (Fsp3) is 0.667. The molecule has 1 aromatic carbocycles. The minimum absolute atomic E-state index is 0. The maximum absolute atomic E-state index is 12.6. The first-order chi connectivity index (χ1) is 21.8. The van der Waals surface area contributed by atoms with Crippen LogP contribution in [0.1, 0.15) is 52.5 Å². The number of benzene rings is 1. The van der Waals surface area contributed by atoms with Gasteiger partial charge in [-0.2, -0.15) is 0 Å². The molecule has 0 bridgehead atoms. The van der Waals surface area contributed by atoms with Crippen molar-refractivity contribution in [1.82, 2.24) is 16.0 Å². The summed E-state index contributed by atoms with van der Waals surface area (Å²) in [5.74, 6) is -1.58. The van der Waals surface area contributed by atoms with E-state index in [0.717, 1.165) is 12.1 Å². The molecule has 0 fully saturated rings. The second-order valence-electron chi connectivity index (χ2n) is 9.75. The molecule has 2 unspecified atom stereocenters. The zero-order chi connectivity index (χ0) is 34.1. The van der Waals surface area contributed by atoms with Crippen LogP contribution in [0.15, 0.2) is 30.3 Å². The Kier molecular flexibility index (Phi) is 48.4. The summed E-state index contributed by atoms with van der Waals surface area (Å²) in [6, 6.07) is 7.87. The van der Waals surface area contributed by atoms with Gasteiger partial charge in [0, 0.05) is 45.7 Å². The Labute approximate surface area is 315 Å². The molecule has 0 aliphatic heterocycles. The van der Waals surface area contributed by atoms with E-state index < -0.39 is 23.9 Å². The molecular weight excluding hydrogens is 699 g/mol. The average Bonchev–Trinajstić information content (AvgIpc) is 3.03. The molecule has 281 valence electrons. The number of carbonyl (C=O) groups excluding carboxylic acids is 3. The molecule has 1 aromatic rings. The summed E-state index contributed by atoms with van der Waals surface area (Å²) in [4.78, 5) is 40.3. The van der Waals surface area contributed by atoms with E-state index in [1.165, 1.54) is 0 Å². The fourth-order valence-corrected chi connectivity index (χ4v) is 3.40. The molecule has 8 N–H and O–H groups in total. The molecule has 48 heavy (non-hydrogen) atoms. The van der Waals surface area contributed by atoms with Gasteiger partial charge in [0.1, 0.15) is 18.7 Å². The van der Waals surface area contributed by atoms with Gasteiger partial charge in [0.2, 0.25) is 17.7 Å². The van der Waals surface area contributed by atoms with Gasteiger partial charge in [-0.15, -0.1) is 0 Å². The normalized spacial score (nSPS) is 11.1. The molecule has 2 atom stereocenters. The fourth-order valence-electron chi connectivity index (χ4n) is 3.40. The molecule has 0 saturated heterocycles. The largest absolute Gasteiger partial charge is 0.379 e. The predicted octanol–water partition coefficient (Wildman–Crippen LogP) is 2.11. The predicted molar refractivity (Wildman–Crippen MR) is 186 cm³/mol. The van der Waals surface area contributed by atoms with Crippen molar-refractivity contribution in [2.45, 2.75) is 65.6 Å². The minimum atomic E-state index is -0.820. The standard InChI is InChI=1S/C22H45N5O7.C7H8O2.C2H6.2CH3.Y/c1-17(2)20(22(30)26-18(21(24)29)5-4-7-23)27-19(28)6-9-31-11-13-33-15-16-34-14-12-32-10-8-25-3;8-9-6-7-4-2-1-3-5-7;1-2;;;/h17-18,20,25H,4-16,23H2,1-3H3,(H2,24,29)(H,26,30)(H,27,28);1-5,8H,6H2;1-2H3;2*1H3;/q;;;2*-1;. The quantitative estimate of drug-likeness (QED) is 0.0368. The van der Waals surface area contributed by atoms with Gasteiger partial charge in [-0.25, -0.2) is 4.89 Å². The summed E-state index contributed by atoms with van der Waals surface area (Å²) >= 11 is 0. The zero-order valence-corrected chi connectivity index (χ0v) is 33.3. The Morgan fingerprint density at radius 2 is 1.33 bits per heavy atom. The van der Waals surface area contributed by atoms with E-state index in [9.17, 15) is 14.4 Å². The summed E-state index contributed by atoms with van der Waals surface area (Å²) in [7, 11) is 1.87. The van der Waals surface area contributed by atoms with Crippen LogP contribution >= 0.6 is 0 Å². The van der Waals surface area contributed by atoms with E-state index in [-0.39, 0.29) is 79.0 Å². The maximum Gasteiger partial charge on any atom is 0.243 e. The molecule has 14 nitrogen and oxygen atoms in total. The van der Waals surface area contributed by atoms with Crippen molar-refractivity contribution in [3.63, 3.8) is 0 Å². The van der Waals surface area contributed by atoms with Gasteiger partial charge < -0.3 is 61.2 Å². The number of nitrogens with one attached hydrogen (secondary N) is 3. The van der Waals surface area contributed by atoms with Crippen molar-refractivity contribution < 1.29 is 76.2 Å². The van der Waals surface area contributed by atoms with Gasteiger partial charge in [0.25, 0.3) is 0 Å². The van der Waals surface area contributed by atoms with Crippen molar-refractivity contribution in [1.29, 1.82) is 0 Å². The van der Waals surface area contributed by atoms with Crippen molar-refractivity contribution >= 4 is 17.7 Å². The molecule has 0 spiro atoms. The molecule has 0 aromatic heterocycles. The first-order valence-electron chi connectivity index (χ1n) is 15.6. The third kappa shape index (κ3) is 34.3. The summed E-state index contributed by atoms with van der Waals surface area (Å²) in [5, 5.41) is 16.3. The molecule has 0 heterocycles. The third-order valence-electron chi connectivity index (χ3n) is 5.78. The molecule has 0 aliphatic carbocycles. The van der Waals surface area contributed by atoms with E-state index in [4.69, 9.17) is 35.7 Å². The van der Waals surface area contributed by atoms with Crippen molar-refractivity contribution in [2.24, 2.45) is 17.4 Å². The van der Waals surface area contributed by atoms with Crippen LogP contribution in [0, 0.1) is 20.8 Å². The molecule has 1 radical (unpaired) electrons. The van der Waals surface area contributed by atoms with E-state index in [1.807, 2.05) is 51.2 Å². The van der Waals surface area contributed by atoms with Crippen LogP contribution in [-0.2, 0) is 77.5 Å². The molecule has 1 rings (SSSR count). The summed E-state index contributed by atoms with van der Waals surface area (Å²) in [5.41, 5.74) is 11.8. The second kappa shape index (κ2) is 41.6. The van der Waals surface area contributed by atoms with Gasteiger partial charge in [-0.3, -0.25) is 19.6 Å². The molecular formula is C33H65N5O9Y-2. The Morgan fingerprint density at radius 1 is 0.833 bits per heavy atom. The minimum Gasteiger partial charge on any atom is -0.379 e. The SMILES string of the molecule is CC.CNCCOCCOCCOCCOCCC(=O)NC(C(=O)NC(CCCN)C(N)=O)C(C)C.OOCc1ccccc1.[CH3-].[CH3-].[Y]. The number of likely N-dealkylation sites (N-methyl/N-ethyl adjacent to an activating group) is 1. The molecule has 0 saturated carbocycles. The summed E-state index contributed by atoms with van der Waals surface area (Å²) < 4.78 is 21.5. The van der Waals surface area contributed by atoms with Crippen molar-refractivity contribution in [2.75, 3.05) is 73.0 Å². The number of hydrogen-bond donors (Lipinski definition) is 6. The molecule has 15 heteroatoms. The number of primary amides is 1. The summed E-state index contributed by atoms with van der Waals surface area (Å²) in [6.45, 7) is 12.6. The van der Waals surface area contributed by atoms with Crippen LogP contribution in [-0.4, -0.2) is 108 Å².